The molecule has 0 spiro atoms. The highest BCUT2D eigenvalue weighted by Gasteiger charge is 2.66. The number of rotatable bonds is 6. The molecule has 1 saturated carbocycles. The first-order chi connectivity index (χ1) is 11.4. The maximum atomic E-state index is 12.9. The summed E-state index contributed by atoms with van der Waals surface area (Å²) in [4.78, 5) is 26.1. The number of amides is 3. The van der Waals surface area contributed by atoms with Crippen LogP contribution in [0.3, 0.4) is 0 Å². The molecular formula is C18H25N3O3. The van der Waals surface area contributed by atoms with Crippen molar-refractivity contribution in [2.45, 2.75) is 25.7 Å². The number of ether oxygens (including phenoxy) is 1. The molecule has 6 nitrogen and oxygen atoms in total. The topological polar surface area (TPSA) is 70.7 Å². The molecule has 1 atom stereocenters. The fourth-order valence-corrected chi connectivity index (χ4v) is 3.69. The Balaban J connectivity index is 1.66. The van der Waals surface area contributed by atoms with Gasteiger partial charge in [-0.05, 0) is 29.5 Å². The highest BCUT2D eigenvalue weighted by molar-refractivity contribution is 5.93. The molecule has 1 aliphatic heterocycles. The molecule has 2 N–H and O–H groups in total. The molecule has 0 bridgehead atoms. The van der Waals surface area contributed by atoms with E-state index in [4.69, 9.17) is 4.74 Å². The molecule has 1 saturated heterocycles. The van der Waals surface area contributed by atoms with E-state index in [0.717, 1.165) is 17.7 Å². The number of carbonyl (C=O) groups excluding carboxylic acids is 2. The van der Waals surface area contributed by atoms with Crippen molar-refractivity contribution in [1.82, 2.24) is 15.5 Å². The van der Waals surface area contributed by atoms with Crippen LogP contribution in [0.5, 0.6) is 5.75 Å². The maximum Gasteiger partial charge on any atom is 0.317 e. The van der Waals surface area contributed by atoms with Crippen molar-refractivity contribution in [2.75, 3.05) is 33.3 Å². The summed E-state index contributed by atoms with van der Waals surface area (Å²) in [5, 5.41) is 5.79. The Morgan fingerprint density at radius 1 is 1.33 bits per heavy atom. The minimum Gasteiger partial charge on any atom is -0.497 e. The van der Waals surface area contributed by atoms with Crippen LogP contribution >= 0.6 is 0 Å². The lowest BCUT2D eigenvalue weighted by atomic mass is 9.87. The lowest BCUT2D eigenvalue weighted by Crippen LogP contribution is -2.42. The average molecular weight is 331 g/mol. The van der Waals surface area contributed by atoms with E-state index in [9.17, 15) is 9.59 Å². The molecular weight excluding hydrogens is 306 g/mol. The molecule has 3 rings (SSSR count). The van der Waals surface area contributed by atoms with E-state index in [2.05, 4.69) is 24.5 Å². The van der Waals surface area contributed by atoms with Gasteiger partial charge >= 0.3 is 6.03 Å². The summed E-state index contributed by atoms with van der Waals surface area (Å²) in [5.41, 5.74) is 0.452. The maximum absolute atomic E-state index is 12.9. The number of benzene rings is 1. The SMILES string of the molecule is COc1ccc([C@@]2(C(=O)NCCN3CCNC3=O)CC2(C)C)cc1. The Morgan fingerprint density at radius 2 is 2.00 bits per heavy atom. The number of hydrogen-bond acceptors (Lipinski definition) is 3. The average Bonchev–Trinajstić information content (AvgIpc) is 2.93. The second kappa shape index (κ2) is 6.00. The molecule has 3 amide bonds. The molecule has 1 aliphatic carbocycles. The number of carbonyl (C=O) groups is 2. The van der Waals surface area contributed by atoms with E-state index in [-0.39, 0.29) is 17.4 Å². The van der Waals surface area contributed by atoms with E-state index in [1.165, 1.54) is 0 Å². The van der Waals surface area contributed by atoms with Crippen LogP contribution in [0, 0.1) is 5.41 Å². The van der Waals surface area contributed by atoms with Crippen molar-refractivity contribution in [3.8, 4) is 5.75 Å². The Morgan fingerprint density at radius 3 is 2.50 bits per heavy atom. The van der Waals surface area contributed by atoms with Gasteiger partial charge in [0.05, 0.1) is 12.5 Å². The highest BCUT2D eigenvalue weighted by Crippen LogP contribution is 2.64. The van der Waals surface area contributed by atoms with E-state index in [0.29, 0.717) is 26.2 Å². The van der Waals surface area contributed by atoms with Gasteiger partial charge in [0, 0.05) is 26.2 Å². The van der Waals surface area contributed by atoms with Crippen molar-refractivity contribution >= 4 is 11.9 Å². The first-order valence-electron chi connectivity index (χ1n) is 8.36. The van der Waals surface area contributed by atoms with E-state index >= 15 is 0 Å². The Labute approximate surface area is 142 Å². The summed E-state index contributed by atoms with van der Waals surface area (Å²) in [5.74, 6) is 0.824. The van der Waals surface area contributed by atoms with Gasteiger partial charge in [-0.1, -0.05) is 26.0 Å². The van der Waals surface area contributed by atoms with Crippen molar-refractivity contribution in [3.63, 3.8) is 0 Å². The lowest BCUT2D eigenvalue weighted by Gasteiger charge is -2.22. The zero-order valence-electron chi connectivity index (χ0n) is 14.5. The first-order valence-corrected chi connectivity index (χ1v) is 8.36. The van der Waals surface area contributed by atoms with Crippen LogP contribution in [0.25, 0.3) is 0 Å². The van der Waals surface area contributed by atoms with E-state index in [1.54, 1.807) is 12.0 Å². The molecule has 0 aromatic heterocycles. The van der Waals surface area contributed by atoms with Crippen molar-refractivity contribution < 1.29 is 14.3 Å². The molecule has 24 heavy (non-hydrogen) atoms. The minimum absolute atomic E-state index is 0.0391. The van der Waals surface area contributed by atoms with Crippen LogP contribution in [0.1, 0.15) is 25.8 Å². The molecule has 1 aromatic rings. The molecule has 130 valence electrons. The van der Waals surface area contributed by atoms with Gasteiger partial charge in [0.2, 0.25) is 5.91 Å². The summed E-state index contributed by atoms with van der Waals surface area (Å²) in [6.45, 7) is 6.62. The predicted molar refractivity (Wildman–Crippen MR) is 91.1 cm³/mol. The number of urea groups is 1. The van der Waals surface area contributed by atoms with Crippen LogP contribution in [-0.4, -0.2) is 50.1 Å². The van der Waals surface area contributed by atoms with Crippen molar-refractivity contribution in [1.29, 1.82) is 0 Å². The lowest BCUT2D eigenvalue weighted by molar-refractivity contribution is -0.124. The summed E-state index contributed by atoms with van der Waals surface area (Å²) in [7, 11) is 1.63. The predicted octanol–water partition coefficient (Wildman–Crippen LogP) is 1.50. The van der Waals surface area contributed by atoms with Gasteiger partial charge in [-0.3, -0.25) is 4.79 Å². The molecule has 0 radical (unpaired) electrons. The third kappa shape index (κ3) is 2.70. The normalized spacial score (nSPS) is 24.5. The summed E-state index contributed by atoms with van der Waals surface area (Å²) < 4.78 is 5.20. The van der Waals surface area contributed by atoms with Gasteiger partial charge < -0.3 is 20.3 Å². The minimum atomic E-state index is -0.494. The van der Waals surface area contributed by atoms with Crippen molar-refractivity contribution in [2.24, 2.45) is 5.41 Å². The Bertz CT molecular complexity index is 641. The molecule has 1 heterocycles. The smallest absolute Gasteiger partial charge is 0.317 e. The number of methoxy groups -OCH3 is 1. The van der Waals surface area contributed by atoms with Gasteiger partial charge in [0.15, 0.2) is 0 Å². The standard InChI is InChI=1S/C18H25N3O3/c1-17(2)12-18(17,13-4-6-14(24-3)7-5-13)15(22)19-8-10-21-11-9-20-16(21)23/h4-7H,8-12H2,1-3H3,(H,19,22)(H,20,23)/t18-/m1/s1. The van der Waals surface area contributed by atoms with E-state index < -0.39 is 5.41 Å². The van der Waals surface area contributed by atoms with Crippen LogP contribution in [-0.2, 0) is 10.2 Å². The van der Waals surface area contributed by atoms with Gasteiger partial charge in [-0.2, -0.15) is 0 Å². The summed E-state index contributed by atoms with van der Waals surface area (Å²) in [6, 6.07) is 7.68. The highest BCUT2D eigenvalue weighted by atomic mass is 16.5. The zero-order chi connectivity index (χ0) is 17.4. The van der Waals surface area contributed by atoms with Crippen LogP contribution in [0.4, 0.5) is 4.79 Å². The number of hydrogen-bond donors (Lipinski definition) is 2. The monoisotopic (exact) mass is 331 g/mol. The molecule has 0 unspecified atom stereocenters. The fraction of sp³-hybridized carbons (Fsp3) is 0.556. The van der Waals surface area contributed by atoms with Crippen LogP contribution in [0.2, 0.25) is 0 Å². The molecule has 6 heteroatoms. The number of nitrogens with one attached hydrogen (secondary N) is 2. The third-order valence-electron chi connectivity index (χ3n) is 5.32. The van der Waals surface area contributed by atoms with Gasteiger partial charge in [-0.25, -0.2) is 4.79 Å². The second-order valence-electron chi connectivity index (χ2n) is 7.17. The summed E-state index contributed by atoms with van der Waals surface area (Å²) in [6.07, 6.45) is 0.822. The molecule has 2 fully saturated rings. The summed E-state index contributed by atoms with van der Waals surface area (Å²) >= 11 is 0. The molecule has 1 aromatic carbocycles. The van der Waals surface area contributed by atoms with Crippen molar-refractivity contribution in [3.05, 3.63) is 29.8 Å². The first kappa shape index (κ1) is 16.6. The van der Waals surface area contributed by atoms with Gasteiger partial charge in [-0.15, -0.1) is 0 Å². The van der Waals surface area contributed by atoms with E-state index in [1.807, 2.05) is 24.3 Å². The molecule has 2 aliphatic rings. The zero-order valence-corrected chi connectivity index (χ0v) is 14.5. The third-order valence-corrected chi connectivity index (χ3v) is 5.32. The van der Waals surface area contributed by atoms with Crippen LogP contribution < -0.4 is 15.4 Å². The van der Waals surface area contributed by atoms with Gasteiger partial charge in [0.25, 0.3) is 0 Å². The Hall–Kier alpha value is -2.24. The second-order valence-corrected chi connectivity index (χ2v) is 7.17. The quantitative estimate of drug-likeness (QED) is 0.830. The largest absolute Gasteiger partial charge is 0.497 e. The Kier molecular flexibility index (Phi) is 4.15. The fourth-order valence-electron chi connectivity index (χ4n) is 3.69. The van der Waals surface area contributed by atoms with Gasteiger partial charge in [0.1, 0.15) is 5.75 Å². The van der Waals surface area contributed by atoms with Crippen LogP contribution in [0.15, 0.2) is 24.3 Å². The number of nitrogens with zero attached hydrogens (tertiary/aromatic N) is 1.